The number of halogens is 2. The third-order valence-electron chi connectivity index (χ3n) is 2.70. The molecular weight excluding hydrogens is 341 g/mol. The Hall–Kier alpha value is -2.08. The molecule has 2 N–H and O–H groups in total. The van der Waals surface area contributed by atoms with Crippen molar-refractivity contribution < 1.29 is 19.0 Å². The van der Waals surface area contributed by atoms with Crippen molar-refractivity contribution in [3.05, 3.63) is 58.3 Å². The summed E-state index contributed by atoms with van der Waals surface area (Å²) in [4.78, 5) is 10.8. The number of carboxylic acid groups (broad SMARTS) is 1. The van der Waals surface area contributed by atoms with Crippen LogP contribution in [0.15, 0.2) is 46.9 Å². The highest BCUT2D eigenvalue weighted by atomic mass is 79.9. The Bertz CT molecular complexity index is 649. The predicted octanol–water partition coefficient (Wildman–Crippen LogP) is 3.78. The molecule has 0 atom stereocenters. The molecule has 0 aromatic heterocycles. The average Bonchev–Trinajstić information content (AvgIpc) is 2.47. The molecule has 0 amide bonds. The lowest BCUT2D eigenvalue weighted by molar-refractivity contribution is 0.0696. The van der Waals surface area contributed by atoms with Crippen molar-refractivity contribution in [1.82, 2.24) is 0 Å². The van der Waals surface area contributed by atoms with Crippen molar-refractivity contribution in [3.63, 3.8) is 0 Å². The van der Waals surface area contributed by atoms with Crippen LogP contribution < -0.4 is 10.1 Å². The lowest BCUT2D eigenvalue weighted by atomic mass is 10.2. The fraction of sp³-hybridized carbons (Fsp3) is 0.133. The van der Waals surface area contributed by atoms with Crippen LogP contribution in [0.4, 0.5) is 10.1 Å². The summed E-state index contributed by atoms with van der Waals surface area (Å²) in [6.45, 7) is 0.805. The molecule has 4 nitrogen and oxygen atoms in total. The molecule has 0 aliphatic heterocycles. The van der Waals surface area contributed by atoms with Gasteiger partial charge in [0.15, 0.2) is 0 Å². The quantitative estimate of drug-likeness (QED) is 0.776. The van der Waals surface area contributed by atoms with E-state index in [-0.39, 0.29) is 11.4 Å². The number of carboxylic acids is 1. The maximum atomic E-state index is 13.3. The molecule has 0 aliphatic rings. The number of rotatable bonds is 6. The fourth-order valence-corrected chi connectivity index (χ4v) is 1.94. The van der Waals surface area contributed by atoms with Crippen LogP contribution in [-0.4, -0.2) is 24.2 Å². The molecule has 2 aromatic rings. The van der Waals surface area contributed by atoms with Crippen LogP contribution in [0.3, 0.4) is 0 Å². The first-order valence-electron chi connectivity index (χ1n) is 6.21. The van der Waals surface area contributed by atoms with E-state index in [9.17, 15) is 9.18 Å². The van der Waals surface area contributed by atoms with Gasteiger partial charge in [-0.2, -0.15) is 0 Å². The normalized spacial score (nSPS) is 10.2. The minimum atomic E-state index is -0.996. The maximum absolute atomic E-state index is 13.3. The van der Waals surface area contributed by atoms with Gasteiger partial charge in [-0.25, -0.2) is 9.18 Å². The molecule has 0 bridgehead atoms. The van der Waals surface area contributed by atoms with E-state index in [1.165, 1.54) is 18.2 Å². The second-order valence-corrected chi connectivity index (χ2v) is 5.09. The van der Waals surface area contributed by atoms with Gasteiger partial charge in [0.25, 0.3) is 0 Å². The Morgan fingerprint density at radius 2 is 2.10 bits per heavy atom. The molecule has 0 aliphatic carbocycles. The van der Waals surface area contributed by atoms with Crippen molar-refractivity contribution in [2.45, 2.75) is 0 Å². The number of carbonyl (C=O) groups is 1. The van der Waals surface area contributed by atoms with Gasteiger partial charge in [0.1, 0.15) is 18.2 Å². The zero-order valence-electron chi connectivity index (χ0n) is 11.0. The molecule has 0 heterocycles. The molecular formula is C15H13BrFNO3. The fourth-order valence-electron chi connectivity index (χ4n) is 1.69. The lowest BCUT2D eigenvalue weighted by Crippen LogP contribution is -2.11. The van der Waals surface area contributed by atoms with Crippen LogP contribution in [0.1, 0.15) is 10.4 Å². The zero-order chi connectivity index (χ0) is 15.2. The Morgan fingerprint density at radius 1 is 1.29 bits per heavy atom. The van der Waals surface area contributed by atoms with E-state index < -0.39 is 5.97 Å². The second kappa shape index (κ2) is 7.08. The lowest BCUT2D eigenvalue weighted by Gasteiger charge is -2.09. The Labute approximate surface area is 129 Å². The number of aromatic carboxylic acids is 1. The summed E-state index contributed by atoms with van der Waals surface area (Å²) in [7, 11) is 0. The third-order valence-corrected chi connectivity index (χ3v) is 3.34. The number of hydrogen-bond acceptors (Lipinski definition) is 3. The summed E-state index contributed by atoms with van der Waals surface area (Å²) in [5, 5.41) is 11.9. The number of nitrogens with one attached hydrogen (secondary N) is 1. The monoisotopic (exact) mass is 353 g/mol. The SMILES string of the molecule is O=C(O)c1cccc(OCCNc2ccc(Br)c(F)c2)c1. The van der Waals surface area contributed by atoms with Gasteiger partial charge < -0.3 is 15.2 Å². The Balaban J connectivity index is 1.83. The summed E-state index contributed by atoms with van der Waals surface area (Å²) >= 11 is 3.08. The van der Waals surface area contributed by atoms with Crippen LogP contribution in [0.2, 0.25) is 0 Å². The zero-order valence-corrected chi connectivity index (χ0v) is 12.6. The highest BCUT2D eigenvalue weighted by molar-refractivity contribution is 9.10. The highest BCUT2D eigenvalue weighted by Crippen LogP contribution is 2.19. The topological polar surface area (TPSA) is 58.6 Å². The standard InChI is InChI=1S/C15H13BrFNO3/c16-13-5-4-11(9-14(13)17)18-6-7-21-12-3-1-2-10(8-12)15(19)20/h1-5,8-9,18H,6-7H2,(H,19,20). The van der Waals surface area contributed by atoms with E-state index >= 15 is 0 Å². The molecule has 0 saturated heterocycles. The van der Waals surface area contributed by atoms with Crippen LogP contribution in [0.25, 0.3) is 0 Å². The molecule has 2 rings (SSSR count). The predicted molar refractivity (Wildman–Crippen MR) is 81.5 cm³/mol. The van der Waals surface area contributed by atoms with Gasteiger partial charge >= 0.3 is 5.97 Å². The summed E-state index contributed by atoms with van der Waals surface area (Å²) in [5.74, 6) is -0.849. The summed E-state index contributed by atoms with van der Waals surface area (Å²) in [6.07, 6.45) is 0. The van der Waals surface area contributed by atoms with Crippen molar-refractivity contribution in [2.75, 3.05) is 18.5 Å². The highest BCUT2D eigenvalue weighted by Gasteiger charge is 2.04. The van der Waals surface area contributed by atoms with E-state index in [4.69, 9.17) is 9.84 Å². The van der Waals surface area contributed by atoms with Crippen molar-refractivity contribution in [1.29, 1.82) is 0 Å². The van der Waals surface area contributed by atoms with Crippen molar-refractivity contribution >= 4 is 27.6 Å². The number of ether oxygens (including phenoxy) is 1. The van der Waals surface area contributed by atoms with Gasteiger partial charge in [0, 0.05) is 12.2 Å². The first-order valence-corrected chi connectivity index (χ1v) is 7.00. The molecule has 0 radical (unpaired) electrons. The summed E-state index contributed by atoms with van der Waals surface area (Å²) in [5.41, 5.74) is 0.828. The van der Waals surface area contributed by atoms with E-state index in [2.05, 4.69) is 21.2 Å². The van der Waals surface area contributed by atoms with E-state index in [0.717, 1.165) is 0 Å². The molecule has 110 valence electrons. The summed E-state index contributed by atoms with van der Waals surface area (Å²) in [6, 6.07) is 11.0. The number of benzene rings is 2. The minimum Gasteiger partial charge on any atom is -0.492 e. The third kappa shape index (κ3) is 4.46. The number of anilines is 1. The first-order chi connectivity index (χ1) is 10.1. The molecule has 0 spiro atoms. The van der Waals surface area contributed by atoms with Crippen LogP contribution in [-0.2, 0) is 0 Å². The maximum Gasteiger partial charge on any atom is 0.335 e. The van der Waals surface area contributed by atoms with E-state index in [1.54, 1.807) is 24.3 Å². The van der Waals surface area contributed by atoms with Gasteiger partial charge in [0.05, 0.1) is 10.0 Å². The average molecular weight is 354 g/mol. The van der Waals surface area contributed by atoms with Gasteiger partial charge in [-0.1, -0.05) is 6.07 Å². The molecule has 0 unspecified atom stereocenters. The minimum absolute atomic E-state index is 0.176. The van der Waals surface area contributed by atoms with Gasteiger partial charge in [0.2, 0.25) is 0 Å². The van der Waals surface area contributed by atoms with Crippen LogP contribution in [0.5, 0.6) is 5.75 Å². The van der Waals surface area contributed by atoms with Crippen LogP contribution in [0, 0.1) is 5.82 Å². The van der Waals surface area contributed by atoms with Gasteiger partial charge in [-0.05, 0) is 52.3 Å². The van der Waals surface area contributed by atoms with Crippen molar-refractivity contribution in [3.8, 4) is 5.75 Å². The van der Waals surface area contributed by atoms with Crippen molar-refractivity contribution in [2.24, 2.45) is 0 Å². The second-order valence-electron chi connectivity index (χ2n) is 4.24. The Kier molecular flexibility index (Phi) is 5.16. The molecule has 0 fully saturated rings. The molecule has 21 heavy (non-hydrogen) atoms. The smallest absolute Gasteiger partial charge is 0.335 e. The van der Waals surface area contributed by atoms with Gasteiger partial charge in [-0.3, -0.25) is 0 Å². The first kappa shape index (κ1) is 15.3. The number of hydrogen-bond donors (Lipinski definition) is 2. The molecule has 0 saturated carbocycles. The van der Waals surface area contributed by atoms with Gasteiger partial charge in [-0.15, -0.1) is 0 Å². The van der Waals surface area contributed by atoms with E-state index in [0.29, 0.717) is 29.1 Å². The van der Waals surface area contributed by atoms with Crippen LogP contribution >= 0.6 is 15.9 Å². The largest absolute Gasteiger partial charge is 0.492 e. The summed E-state index contributed by atoms with van der Waals surface area (Å²) < 4.78 is 19.2. The van der Waals surface area contributed by atoms with E-state index in [1.807, 2.05) is 0 Å². The Morgan fingerprint density at radius 3 is 2.81 bits per heavy atom. The molecule has 2 aromatic carbocycles. The molecule has 6 heteroatoms.